The molecule has 3 nitrogen and oxygen atoms in total. The molecule has 0 bridgehead atoms. The first-order valence-corrected chi connectivity index (χ1v) is 7.25. The third-order valence-corrected chi connectivity index (χ3v) is 4.57. The first-order chi connectivity index (χ1) is 9.15. The summed E-state index contributed by atoms with van der Waals surface area (Å²) in [5.41, 5.74) is 9.80. The summed E-state index contributed by atoms with van der Waals surface area (Å²) in [4.78, 5) is 13.7. The Labute approximate surface area is 116 Å². The zero-order valence-electron chi connectivity index (χ0n) is 10.8. The van der Waals surface area contributed by atoms with E-state index in [0.717, 1.165) is 36.1 Å². The lowest BCUT2D eigenvalue weighted by Gasteiger charge is -2.07. The number of thiophene rings is 1. The normalized spacial score (nSPS) is 13.3. The zero-order valence-corrected chi connectivity index (χ0v) is 11.6. The van der Waals surface area contributed by atoms with Crippen LogP contribution in [0.5, 0.6) is 0 Å². The molecular formula is C15H16N2OS. The number of carbonyl (C=O) groups is 1. The molecule has 2 aromatic rings. The van der Waals surface area contributed by atoms with Crippen LogP contribution in [0.15, 0.2) is 24.3 Å². The summed E-state index contributed by atoms with van der Waals surface area (Å²) in [6, 6.07) is 7.80. The summed E-state index contributed by atoms with van der Waals surface area (Å²) < 4.78 is 0. The number of rotatable bonds is 2. The highest BCUT2D eigenvalue weighted by Crippen LogP contribution is 2.37. The molecule has 4 heteroatoms. The number of hydrogen-bond acceptors (Lipinski definition) is 3. The number of anilines is 2. The van der Waals surface area contributed by atoms with Gasteiger partial charge in [0, 0.05) is 10.6 Å². The molecule has 1 aromatic carbocycles. The van der Waals surface area contributed by atoms with E-state index in [1.165, 1.54) is 4.88 Å². The highest BCUT2D eigenvalue weighted by molar-refractivity contribution is 7.16. The second-order valence-electron chi connectivity index (χ2n) is 4.92. The van der Waals surface area contributed by atoms with E-state index in [1.54, 1.807) is 11.3 Å². The molecule has 3 N–H and O–H groups in total. The van der Waals surface area contributed by atoms with Gasteiger partial charge in [0.2, 0.25) is 0 Å². The van der Waals surface area contributed by atoms with Crippen molar-refractivity contribution >= 4 is 27.9 Å². The van der Waals surface area contributed by atoms with Crippen LogP contribution in [0.1, 0.15) is 32.8 Å². The van der Waals surface area contributed by atoms with E-state index < -0.39 is 0 Å². The van der Waals surface area contributed by atoms with E-state index >= 15 is 0 Å². The first kappa shape index (κ1) is 12.2. The molecule has 1 aliphatic carbocycles. The number of fused-ring (bicyclic) bond motifs is 1. The van der Waals surface area contributed by atoms with Gasteiger partial charge in [-0.25, -0.2) is 0 Å². The number of carbonyl (C=O) groups excluding carboxylic acids is 1. The van der Waals surface area contributed by atoms with Crippen molar-refractivity contribution in [3.05, 3.63) is 45.8 Å². The van der Waals surface area contributed by atoms with E-state index in [1.807, 2.05) is 31.2 Å². The molecule has 1 aromatic heterocycles. The van der Waals surface area contributed by atoms with Crippen LogP contribution in [0, 0.1) is 6.92 Å². The molecule has 0 atom stereocenters. The molecule has 0 radical (unpaired) electrons. The van der Waals surface area contributed by atoms with Crippen molar-refractivity contribution in [2.75, 3.05) is 11.1 Å². The number of benzene rings is 1. The van der Waals surface area contributed by atoms with E-state index in [9.17, 15) is 4.79 Å². The Morgan fingerprint density at radius 2 is 2.21 bits per heavy atom. The third-order valence-electron chi connectivity index (χ3n) is 3.45. The fourth-order valence-electron chi connectivity index (χ4n) is 2.59. The largest absolute Gasteiger partial charge is 0.390 e. The van der Waals surface area contributed by atoms with Crippen LogP contribution < -0.4 is 11.1 Å². The highest BCUT2D eigenvalue weighted by Gasteiger charge is 2.25. The summed E-state index contributed by atoms with van der Waals surface area (Å²) in [5.74, 6) is -0.0810. The van der Waals surface area contributed by atoms with Gasteiger partial charge in [0.15, 0.2) is 0 Å². The molecule has 0 fully saturated rings. The third kappa shape index (κ3) is 2.24. The first-order valence-electron chi connectivity index (χ1n) is 6.43. The van der Waals surface area contributed by atoms with Crippen LogP contribution in [-0.2, 0) is 12.8 Å². The lowest BCUT2D eigenvalue weighted by Crippen LogP contribution is -2.14. The Bertz CT molecular complexity index is 646. The summed E-state index contributed by atoms with van der Waals surface area (Å²) >= 11 is 1.56. The Kier molecular flexibility index (Phi) is 3.03. The second-order valence-corrected chi connectivity index (χ2v) is 6.06. The fraction of sp³-hybridized carbons (Fsp3) is 0.267. The maximum atomic E-state index is 12.4. The van der Waals surface area contributed by atoms with Crippen molar-refractivity contribution in [3.8, 4) is 0 Å². The Balaban J connectivity index is 1.89. The van der Waals surface area contributed by atoms with Crippen LogP contribution in [0.4, 0.5) is 10.7 Å². The Hall–Kier alpha value is -1.81. The number of hydrogen-bond donors (Lipinski definition) is 2. The number of nitrogens with two attached hydrogens (primary N) is 1. The Morgan fingerprint density at radius 1 is 1.37 bits per heavy atom. The highest BCUT2D eigenvalue weighted by atomic mass is 32.1. The number of aryl methyl sites for hydroxylation is 2. The van der Waals surface area contributed by atoms with Crippen molar-refractivity contribution in [3.63, 3.8) is 0 Å². The summed E-state index contributed by atoms with van der Waals surface area (Å²) in [7, 11) is 0. The van der Waals surface area contributed by atoms with Gasteiger partial charge in [0.05, 0.1) is 10.6 Å². The standard InChI is InChI=1S/C15H16N2OS/c1-9-4-2-5-10(8-9)17-15(18)13-11-6-3-7-12(11)19-14(13)16/h2,4-5,8H,3,6-7,16H2,1H3,(H,17,18). The van der Waals surface area contributed by atoms with Crippen LogP contribution >= 0.6 is 11.3 Å². The predicted octanol–water partition coefficient (Wildman–Crippen LogP) is 3.38. The maximum Gasteiger partial charge on any atom is 0.258 e. The molecule has 1 heterocycles. The van der Waals surface area contributed by atoms with Gasteiger partial charge >= 0.3 is 0 Å². The quantitative estimate of drug-likeness (QED) is 0.880. The molecule has 0 aliphatic heterocycles. The number of nitrogens with one attached hydrogen (secondary N) is 1. The zero-order chi connectivity index (χ0) is 13.4. The van der Waals surface area contributed by atoms with Crippen molar-refractivity contribution in [2.24, 2.45) is 0 Å². The molecule has 1 amide bonds. The molecule has 98 valence electrons. The lowest BCUT2D eigenvalue weighted by atomic mass is 10.1. The van der Waals surface area contributed by atoms with Gasteiger partial charge in [-0.3, -0.25) is 4.79 Å². The maximum absolute atomic E-state index is 12.4. The van der Waals surface area contributed by atoms with Crippen LogP contribution in [0.2, 0.25) is 0 Å². The molecule has 0 spiro atoms. The molecular weight excluding hydrogens is 256 g/mol. The molecule has 0 saturated carbocycles. The van der Waals surface area contributed by atoms with Crippen LogP contribution in [0.3, 0.4) is 0 Å². The smallest absolute Gasteiger partial charge is 0.258 e. The summed E-state index contributed by atoms with van der Waals surface area (Å²) in [6.45, 7) is 2.01. The average Bonchev–Trinajstić information content (AvgIpc) is 2.88. The Morgan fingerprint density at radius 3 is 3.00 bits per heavy atom. The van der Waals surface area contributed by atoms with E-state index in [0.29, 0.717) is 10.6 Å². The van der Waals surface area contributed by atoms with Gasteiger partial charge in [0.1, 0.15) is 0 Å². The van der Waals surface area contributed by atoms with Crippen molar-refractivity contribution < 1.29 is 4.79 Å². The summed E-state index contributed by atoms with van der Waals surface area (Å²) in [6.07, 6.45) is 3.16. The van der Waals surface area contributed by atoms with Gasteiger partial charge in [-0.15, -0.1) is 11.3 Å². The van der Waals surface area contributed by atoms with Crippen LogP contribution in [0.25, 0.3) is 0 Å². The van der Waals surface area contributed by atoms with Crippen molar-refractivity contribution in [1.29, 1.82) is 0 Å². The average molecular weight is 272 g/mol. The minimum atomic E-state index is -0.0810. The van der Waals surface area contributed by atoms with Gasteiger partial charge < -0.3 is 11.1 Å². The fourth-order valence-corrected chi connectivity index (χ4v) is 3.75. The molecule has 19 heavy (non-hydrogen) atoms. The van der Waals surface area contributed by atoms with Gasteiger partial charge in [0.25, 0.3) is 5.91 Å². The van der Waals surface area contributed by atoms with E-state index in [-0.39, 0.29) is 5.91 Å². The SMILES string of the molecule is Cc1cccc(NC(=O)c2c(N)sc3c2CCC3)c1. The monoisotopic (exact) mass is 272 g/mol. The van der Waals surface area contributed by atoms with Crippen LogP contribution in [-0.4, -0.2) is 5.91 Å². The molecule has 0 unspecified atom stereocenters. The second kappa shape index (κ2) is 4.70. The van der Waals surface area contributed by atoms with Gasteiger partial charge in [-0.2, -0.15) is 0 Å². The van der Waals surface area contributed by atoms with Crippen molar-refractivity contribution in [1.82, 2.24) is 0 Å². The van der Waals surface area contributed by atoms with E-state index in [2.05, 4.69) is 5.32 Å². The van der Waals surface area contributed by atoms with Crippen molar-refractivity contribution in [2.45, 2.75) is 26.2 Å². The van der Waals surface area contributed by atoms with Gasteiger partial charge in [-0.05, 0) is 49.4 Å². The van der Waals surface area contributed by atoms with Gasteiger partial charge in [-0.1, -0.05) is 12.1 Å². The minimum Gasteiger partial charge on any atom is -0.390 e. The molecule has 0 saturated heterocycles. The predicted molar refractivity (Wildman–Crippen MR) is 79.9 cm³/mol. The van der Waals surface area contributed by atoms with E-state index in [4.69, 9.17) is 5.73 Å². The number of amides is 1. The molecule has 3 rings (SSSR count). The lowest BCUT2D eigenvalue weighted by molar-refractivity contribution is 0.102. The summed E-state index contributed by atoms with van der Waals surface area (Å²) in [5, 5.41) is 3.59. The molecule has 1 aliphatic rings. The minimum absolute atomic E-state index is 0.0810. The number of nitrogen functional groups attached to an aromatic ring is 1. The topological polar surface area (TPSA) is 55.1 Å².